The fourth-order valence-electron chi connectivity index (χ4n) is 2.01. The first-order valence-corrected chi connectivity index (χ1v) is 7.75. The molecular weight excluding hydrogens is 268 g/mol. The number of ether oxygens (including phenoxy) is 1. The van der Waals surface area contributed by atoms with E-state index in [2.05, 4.69) is 0 Å². The number of thioether (sulfide) groups is 1. The Morgan fingerprint density at radius 1 is 1.50 bits per heavy atom. The number of hydrogen-bond donors (Lipinski definition) is 1. The summed E-state index contributed by atoms with van der Waals surface area (Å²) in [5.41, 5.74) is 0. The third kappa shape index (κ3) is 4.16. The van der Waals surface area contributed by atoms with Gasteiger partial charge < -0.3 is 9.84 Å². The van der Waals surface area contributed by atoms with Crippen molar-refractivity contribution in [3.63, 3.8) is 0 Å². The molecule has 0 spiro atoms. The lowest BCUT2D eigenvalue weighted by Crippen LogP contribution is -2.33. The zero-order valence-electron chi connectivity index (χ0n) is 10.5. The molecule has 2 rings (SSSR count). The van der Waals surface area contributed by atoms with E-state index in [-0.39, 0.29) is 6.10 Å². The summed E-state index contributed by atoms with van der Waals surface area (Å²) < 4.78 is 5.65. The molecule has 1 aliphatic carbocycles. The van der Waals surface area contributed by atoms with Crippen LogP contribution in [0.25, 0.3) is 0 Å². The van der Waals surface area contributed by atoms with Crippen LogP contribution in [-0.4, -0.2) is 29.7 Å². The zero-order chi connectivity index (χ0) is 13.0. The summed E-state index contributed by atoms with van der Waals surface area (Å²) >= 11 is 7.56. The number of halogens is 1. The SMILES string of the molecule is CCOC(C(O)CSc1cccc(Cl)c1)C1CC1. The van der Waals surface area contributed by atoms with E-state index in [4.69, 9.17) is 16.3 Å². The minimum absolute atomic E-state index is 0.00156. The van der Waals surface area contributed by atoms with E-state index in [0.717, 1.165) is 9.92 Å². The molecule has 1 aliphatic rings. The molecule has 4 heteroatoms. The highest BCUT2D eigenvalue weighted by atomic mass is 35.5. The second-order valence-corrected chi connectivity index (χ2v) is 6.12. The van der Waals surface area contributed by atoms with Crippen molar-refractivity contribution in [1.82, 2.24) is 0 Å². The monoisotopic (exact) mass is 286 g/mol. The summed E-state index contributed by atoms with van der Waals surface area (Å²) in [5.74, 6) is 1.21. The molecule has 0 amide bonds. The minimum atomic E-state index is -0.401. The molecule has 1 aromatic carbocycles. The number of rotatable bonds is 7. The molecule has 0 aromatic heterocycles. The highest BCUT2D eigenvalue weighted by Crippen LogP contribution is 2.37. The first-order chi connectivity index (χ1) is 8.70. The van der Waals surface area contributed by atoms with Crippen molar-refractivity contribution >= 4 is 23.4 Å². The number of aliphatic hydroxyl groups excluding tert-OH is 1. The molecule has 1 fully saturated rings. The van der Waals surface area contributed by atoms with E-state index in [1.807, 2.05) is 31.2 Å². The predicted octanol–water partition coefficient (Wildman–Crippen LogP) is 3.61. The molecule has 0 radical (unpaired) electrons. The van der Waals surface area contributed by atoms with E-state index in [0.29, 0.717) is 18.3 Å². The average Bonchev–Trinajstić information content (AvgIpc) is 3.17. The van der Waals surface area contributed by atoms with Gasteiger partial charge in [0.15, 0.2) is 0 Å². The van der Waals surface area contributed by atoms with Gasteiger partial charge in [-0.25, -0.2) is 0 Å². The van der Waals surface area contributed by atoms with Crippen molar-refractivity contribution in [2.45, 2.75) is 36.9 Å². The Kier molecular flexibility index (Phi) is 5.37. The van der Waals surface area contributed by atoms with E-state index in [1.54, 1.807) is 11.8 Å². The van der Waals surface area contributed by atoms with Crippen molar-refractivity contribution < 1.29 is 9.84 Å². The molecule has 2 atom stereocenters. The number of hydrogen-bond acceptors (Lipinski definition) is 3. The molecule has 1 N–H and O–H groups in total. The van der Waals surface area contributed by atoms with Crippen molar-refractivity contribution in [3.05, 3.63) is 29.3 Å². The average molecular weight is 287 g/mol. The third-order valence-corrected chi connectivity index (χ3v) is 4.37. The minimum Gasteiger partial charge on any atom is -0.390 e. The van der Waals surface area contributed by atoms with Gasteiger partial charge in [-0.1, -0.05) is 17.7 Å². The highest BCUT2D eigenvalue weighted by Gasteiger charge is 2.36. The van der Waals surface area contributed by atoms with Gasteiger partial charge >= 0.3 is 0 Å². The maximum absolute atomic E-state index is 10.2. The lowest BCUT2D eigenvalue weighted by atomic mass is 10.1. The van der Waals surface area contributed by atoms with Crippen molar-refractivity contribution in [2.75, 3.05) is 12.4 Å². The summed E-state index contributed by atoms with van der Waals surface area (Å²) in [6.07, 6.45) is 1.97. The van der Waals surface area contributed by atoms with Crippen LogP contribution in [0.4, 0.5) is 0 Å². The Balaban J connectivity index is 1.84. The Labute approximate surface area is 118 Å². The smallest absolute Gasteiger partial charge is 0.0898 e. The maximum atomic E-state index is 10.2. The molecule has 0 bridgehead atoms. The second-order valence-electron chi connectivity index (χ2n) is 4.59. The Morgan fingerprint density at radius 3 is 2.89 bits per heavy atom. The molecule has 2 nitrogen and oxygen atoms in total. The molecule has 0 heterocycles. The van der Waals surface area contributed by atoms with E-state index in [9.17, 15) is 5.11 Å². The molecule has 0 aliphatic heterocycles. The van der Waals surface area contributed by atoms with Crippen molar-refractivity contribution in [2.24, 2.45) is 5.92 Å². The number of aliphatic hydroxyl groups is 1. The molecule has 2 unspecified atom stereocenters. The first-order valence-electron chi connectivity index (χ1n) is 6.38. The van der Waals surface area contributed by atoms with Crippen LogP contribution in [0.2, 0.25) is 5.02 Å². The highest BCUT2D eigenvalue weighted by molar-refractivity contribution is 7.99. The van der Waals surface area contributed by atoms with Gasteiger partial charge in [0.25, 0.3) is 0 Å². The van der Waals surface area contributed by atoms with Crippen molar-refractivity contribution in [1.29, 1.82) is 0 Å². The van der Waals surface area contributed by atoms with Gasteiger partial charge in [-0.15, -0.1) is 11.8 Å². The molecule has 18 heavy (non-hydrogen) atoms. The fraction of sp³-hybridized carbons (Fsp3) is 0.571. The molecule has 1 aromatic rings. The maximum Gasteiger partial charge on any atom is 0.0898 e. The lowest BCUT2D eigenvalue weighted by molar-refractivity contribution is -0.0343. The Morgan fingerprint density at radius 2 is 2.28 bits per heavy atom. The standard InChI is InChI=1S/C14H19ClO2S/c1-2-17-14(10-6-7-10)13(16)9-18-12-5-3-4-11(15)8-12/h3-5,8,10,13-14,16H,2,6-7,9H2,1H3. The third-order valence-electron chi connectivity index (χ3n) is 3.04. The van der Waals surface area contributed by atoms with Crippen LogP contribution in [0.15, 0.2) is 29.2 Å². The quantitative estimate of drug-likeness (QED) is 0.777. The fourth-order valence-corrected chi connectivity index (χ4v) is 3.20. The molecule has 100 valence electrons. The van der Waals surface area contributed by atoms with Gasteiger partial charge in [0.2, 0.25) is 0 Å². The predicted molar refractivity (Wildman–Crippen MR) is 76.3 cm³/mol. The van der Waals surface area contributed by atoms with E-state index < -0.39 is 6.10 Å². The van der Waals surface area contributed by atoms with Crippen LogP contribution >= 0.6 is 23.4 Å². The molecule has 0 saturated heterocycles. The first kappa shape index (κ1) is 14.2. The van der Waals surface area contributed by atoms with Crippen LogP contribution in [0.5, 0.6) is 0 Å². The topological polar surface area (TPSA) is 29.5 Å². The van der Waals surface area contributed by atoms with Gasteiger partial charge in [-0.2, -0.15) is 0 Å². The Hall–Kier alpha value is -0.220. The second kappa shape index (κ2) is 6.80. The van der Waals surface area contributed by atoms with Crippen LogP contribution in [0.1, 0.15) is 19.8 Å². The Bertz CT molecular complexity index is 382. The van der Waals surface area contributed by atoms with Crippen LogP contribution in [0, 0.1) is 5.92 Å². The van der Waals surface area contributed by atoms with Gasteiger partial charge in [-0.05, 0) is 43.9 Å². The van der Waals surface area contributed by atoms with Gasteiger partial charge in [-0.3, -0.25) is 0 Å². The van der Waals surface area contributed by atoms with E-state index in [1.165, 1.54) is 12.8 Å². The normalized spacial score (nSPS) is 18.6. The summed E-state index contributed by atoms with van der Waals surface area (Å²) in [4.78, 5) is 1.09. The van der Waals surface area contributed by atoms with Gasteiger partial charge in [0.1, 0.15) is 0 Å². The largest absolute Gasteiger partial charge is 0.390 e. The lowest BCUT2D eigenvalue weighted by Gasteiger charge is -2.22. The van der Waals surface area contributed by atoms with Crippen LogP contribution < -0.4 is 0 Å². The van der Waals surface area contributed by atoms with Gasteiger partial charge in [0.05, 0.1) is 12.2 Å². The summed E-state index contributed by atoms with van der Waals surface area (Å²) in [7, 11) is 0. The van der Waals surface area contributed by atoms with Crippen LogP contribution in [0.3, 0.4) is 0 Å². The molecular formula is C14H19ClO2S. The van der Waals surface area contributed by atoms with Gasteiger partial charge in [0, 0.05) is 22.3 Å². The summed E-state index contributed by atoms with van der Waals surface area (Å²) in [6, 6.07) is 7.72. The van der Waals surface area contributed by atoms with E-state index >= 15 is 0 Å². The zero-order valence-corrected chi connectivity index (χ0v) is 12.1. The van der Waals surface area contributed by atoms with Crippen molar-refractivity contribution in [3.8, 4) is 0 Å². The summed E-state index contributed by atoms with van der Waals surface area (Å²) in [6.45, 7) is 2.65. The molecule has 1 saturated carbocycles. The van der Waals surface area contributed by atoms with Crippen LogP contribution in [-0.2, 0) is 4.74 Å². The number of benzene rings is 1. The summed E-state index contributed by atoms with van der Waals surface area (Å²) in [5, 5.41) is 10.9.